The van der Waals surface area contributed by atoms with Gasteiger partial charge in [-0.2, -0.15) is 0 Å². The average molecular weight is 470 g/mol. The van der Waals surface area contributed by atoms with Crippen molar-refractivity contribution < 1.29 is 13.2 Å². The Labute approximate surface area is 198 Å². The van der Waals surface area contributed by atoms with Crippen LogP contribution in [0.3, 0.4) is 0 Å². The first-order chi connectivity index (χ1) is 16.4. The van der Waals surface area contributed by atoms with Crippen molar-refractivity contribution in [2.45, 2.75) is 24.2 Å². The molecule has 3 aromatic carbocycles. The van der Waals surface area contributed by atoms with Gasteiger partial charge in [0.15, 0.2) is 0 Å². The van der Waals surface area contributed by atoms with E-state index < -0.39 is 10.0 Å². The molecule has 6 rings (SSSR count). The van der Waals surface area contributed by atoms with Crippen molar-refractivity contribution in [1.82, 2.24) is 4.98 Å². The van der Waals surface area contributed by atoms with Crippen LogP contribution in [0.1, 0.15) is 16.7 Å². The Kier molecular flexibility index (Phi) is 4.79. The number of carbonyl (C=O) groups is 1. The number of sulfonamides is 1. The van der Waals surface area contributed by atoms with E-state index in [9.17, 15) is 13.2 Å². The zero-order valence-corrected chi connectivity index (χ0v) is 19.3. The van der Waals surface area contributed by atoms with Crippen molar-refractivity contribution in [3.8, 4) is 11.3 Å². The van der Waals surface area contributed by atoms with Crippen LogP contribution in [-0.4, -0.2) is 25.9 Å². The lowest BCUT2D eigenvalue weighted by Gasteiger charge is -2.21. The number of amides is 1. The first-order valence-electron chi connectivity index (χ1n) is 11.3. The number of para-hydroxylation sites is 1. The lowest BCUT2D eigenvalue weighted by Crippen LogP contribution is -2.35. The minimum atomic E-state index is -3.83. The van der Waals surface area contributed by atoms with E-state index in [-0.39, 0.29) is 16.7 Å². The molecular weight excluding hydrogens is 446 g/mol. The van der Waals surface area contributed by atoms with Gasteiger partial charge in [0.05, 0.1) is 16.1 Å². The summed E-state index contributed by atoms with van der Waals surface area (Å²) in [5.41, 5.74) is 6.90. The van der Waals surface area contributed by atoms with Gasteiger partial charge in [0, 0.05) is 29.1 Å². The van der Waals surface area contributed by atoms with E-state index in [4.69, 9.17) is 10.1 Å². The zero-order chi connectivity index (χ0) is 23.4. The number of nitrogens with zero attached hydrogens (tertiary/aromatic N) is 2. The van der Waals surface area contributed by atoms with Crippen LogP contribution in [0.15, 0.2) is 77.7 Å². The van der Waals surface area contributed by atoms with Crippen LogP contribution < -0.4 is 10.0 Å². The smallest absolute Gasteiger partial charge is 0.238 e. The van der Waals surface area contributed by atoms with E-state index in [0.717, 1.165) is 27.7 Å². The summed E-state index contributed by atoms with van der Waals surface area (Å²) < 4.78 is 23.6. The minimum Gasteiger partial charge on any atom is -0.312 e. The summed E-state index contributed by atoms with van der Waals surface area (Å²) in [6, 6.07) is 23.3. The van der Waals surface area contributed by atoms with Gasteiger partial charge in [-0.1, -0.05) is 42.5 Å². The third-order valence-corrected chi connectivity index (χ3v) is 7.84. The van der Waals surface area contributed by atoms with Crippen LogP contribution in [0.5, 0.6) is 0 Å². The van der Waals surface area contributed by atoms with Gasteiger partial charge in [-0.05, 0) is 66.3 Å². The average Bonchev–Trinajstić information content (AvgIpc) is 3.46. The van der Waals surface area contributed by atoms with E-state index in [2.05, 4.69) is 24.3 Å². The number of primary sulfonamides is 1. The number of fused-ring (bicyclic) bond motifs is 3. The van der Waals surface area contributed by atoms with Gasteiger partial charge >= 0.3 is 0 Å². The normalized spacial score (nSPS) is 17.1. The standard InChI is InChI=1S/C27H23N3O3S/c28-34(32,33)23-9-7-18-11-12-30(26(18)16-23)27(31)22-13-19-5-6-20(14-21(19)15-22)25-10-8-17-3-1-2-4-24(17)29-25/h1-10,14,16,22H,11-13,15H2,(H2,28,32,33)/t22-/m1/s1. The minimum absolute atomic E-state index is 0.0342. The van der Waals surface area contributed by atoms with Gasteiger partial charge < -0.3 is 4.90 Å². The first kappa shape index (κ1) is 21.0. The molecule has 2 heterocycles. The van der Waals surface area contributed by atoms with E-state index in [1.165, 1.54) is 23.3 Å². The van der Waals surface area contributed by atoms with Crippen molar-refractivity contribution in [3.63, 3.8) is 0 Å². The maximum Gasteiger partial charge on any atom is 0.238 e. The molecule has 1 aliphatic heterocycles. The third kappa shape index (κ3) is 3.57. The summed E-state index contributed by atoms with van der Waals surface area (Å²) in [5, 5.41) is 6.41. The lowest BCUT2D eigenvalue weighted by atomic mass is 10.0. The third-order valence-electron chi connectivity index (χ3n) is 6.93. The fourth-order valence-corrected chi connectivity index (χ4v) is 5.70. The summed E-state index contributed by atoms with van der Waals surface area (Å²) in [7, 11) is -3.83. The highest BCUT2D eigenvalue weighted by Gasteiger charge is 2.34. The molecule has 0 radical (unpaired) electrons. The van der Waals surface area contributed by atoms with Crippen LogP contribution >= 0.6 is 0 Å². The summed E-state index contributed by atoms with van der Waals surface area (Å²) in [4.78, 5) is 20.0. The van der Waals surface area contributed by atoms with Crippen LogP contribution in [0.4, 0.5) is 5.69 Å². The van der Waals surface area contributed by atoms with Crippen molar-refractivity contribution in [1.29, 1.82) is 0 Å². The highest BCUT2D eigenvalue weighted by molar-refractivity contribution is 7.89. The fraction of sp³-hybridized carbons (Fsp3) is 0.185. The van der Waals surface area contributed by atoms with E-state index in [1.54, 1.807) is 11.0 Å². The van der Waals surface area contributed by atoms with E-state index in [1.807, 2.05) is 30.3 Å². The number of hydrogen-bond donors (Lipinski definition) is 1. The highest BCUT2D eigenvalue weighted by Crippen LogP contribution is 2.36. The van der Waals surface area contributed by atoms with Crippen LogP contribution in [0.25, 0.3) is 22.2 Å². The van der Waals surface area contributed by atoms with Gasteiger partial charge in [-0.15, -0.1) is 0 Å². The quantitative estimate of drug-likeness (QED) is 0.493. The Morgan fingerprint density at radius 2 is 1.71 bits per heavy atom. The molecule has 7 heteroatoms. The number of aromatic nitrogens is 1. The molecule has 34 heavy (non-hydrogen) atoms. The number of carbonyl (C=O) groups excluding carboxylic acids is 1. The first-order valence-corrected chi connectivity index (χ1v) is 12.9. The Balaban J connectivity index is 1.26. The van der Waals surface area contributed by atoms with E-state index >= 15 is 0 Å². The number of hydrogen-bond acceptors (Lipinski definition) is 4. The number of anilines is 1. The second kappa shape index (κ2) is 7.75. The molecule has 4 aromatic rings. The number of rotatable bonds is 3. The van der Waals surface area contributed by atoms with Gasteiger partial charge in [-0.25, -0.2) is 18.5 Å². The SMILES string of the molecule is NS(=O)(=O)c1ccc2c(c1)N(C(=O)[C@@H]1Cc3ccc(-c4ccc5ccccc5n4)cc3C1)CC2. The van der Waals surface area contributed by atoms with Gasteiger partial charge in [0.1, 0.15) is 0 Å². The van der Waals surface area contributed by atoms with Gasteiger partial charge in [0.2, 0.25) is 15.9 Å². The molecule has 0 fully saturated rings. The predicted molar refractivity (Wildman–Crippen MR) is 132 cm³/mol. The van der Waals surface area contributed by atoms with Crippen molar-refractivity contribution >= 4 is 32.5 Å². The second-order valence-corrected chi connectivity index (χ2v) is 10.6. The number of benzene rings is 3. The molecule has 2 aliphatic rings. The summed E-state index contributed by atoms with van der Waals surface area (Å²) in [5.74, 6) is -0.134. The Bertz CT molecular complexity index is 1580. The van der Waals surface area contributed by atoms with Crippen molar-refractivity contribution in [2.75, 3.05) is 11.4 Å². The highest BCUT2D eigenvalue weighted by atomic mass is 32.2. The molecule has 1 aromatic heterocycles. The molecule has 1 atom stereocenters. The Hall–Kier alpha value is -3.55. The zero-order valence-electron chi connectivity index (χ0n) is 18.4. The van der Waals surface area contributed by atoms with Crippen LogP contribution in [0, 0.1) is 5.92 Å². The summed E-state index contributed by atoms with van der Waals surface area (Å²) in [6.45, 7) is 0.557. The molecule has 0 spiro atoms. The molecule has 0 unspecified atom stereocenters. The molecule has 1 amide bonds. The second-order valence-electron chi connectivity index (χ2n) is 9.05. The molecular formula is C27H23N3O3S. The predicted octanol–water partition coefficient (Wildman–Crippen LogP) is 3.85. The lowest BCUT2D eigenvalue weighted by molar-refractivity contribution is -0.122. The van der Waals surface area contributed by atoms with Crippen molar-refractivity contribution in [3.05, 3.63) is 89.5 Å². The molecule has 170 valence electrons. The topological polar surface area (TPSA) is 93.4 Å². The van der Waals surface area contributed by atoms with E-state index in [0.29, 0.717) is 31.5 Å². The van der Waals surface area contributed by atoms with Crippen LogP contribution in [0.2, 0.25) is 0 Å². The van der Waals surface area contributed by atoms with Crippen LogP contribution in [-0.2, 0) is 34.1 Å². The molecule has 0 saturated carbocycles. The largest absolute Gasteiger partial charge is 0.312 e. The Morgan fingerprint density at radius 1 is 0.912 bits per heavy atom. The Morgan fingerprint density at radius 3 is 2.56 bits per heavy atom. The number of pyridine rings is 1. The molecule has 1 aliphatic carbocycles. The van der Waals surface area contributed by atoms with Crippen molar-refractivity contribution in [2.24, 2.45) is 11.1 Å². The monoisotopic (exact) mass is 469 g/mol. The summed E-state index contributed by atoms with van der Waals surface area (Å²) in [6.07, 6.45) is 2.06. The summed E-state index contributed by atoms with van der Waals surface area (Å²) >= 11 is 0. The maximum absolute atomic E-state index is 13.5. The van der Waals surface area contributed by atoms with Gasteiger partial charge in [0.25, 0.3) is 0 Å². The molecule has 6 nitrogen and oxygen atoms in total. The molecule has 2 N–H and O–H groups in total. The molecule has 0 bridgehead atoms. The molecule has 0 saturated heterocycles. The van der Waals surface area contributed by atoms with Gasteiger partial charge in [-0.3, -0.25) is 4.79 Å². The maximum atomic E-state index is 13.5. The fourth-order valence-electron chi connectivity index (χ4n) is 5.16. The number of nitrogens with two attached hydrogens (primary N) is 1.